The molecule has 0 unspecified atom stereocenters. The predicted molar refractivity (Wildman–Crippen MR) is 104 cm³/mol. The first-order chi connectivity index (χ1) is 12.4. The predicted octanol–water partition coefficient (Wildman–Crippen LogP) is 4.15. The number of aromatic hydroxyl groups is 1. The molecule has 2 aromatic rings. The van der Waals surface area contributed by atoms with E-state index >= 15 is 0 Å². The normalized spacial score (nSPS) is 21.3. The quantitative estimate of drug-likeness (QED) is 0.824. The highest BCUT2D eigenvalue weighted by molar-refractivity contribution is 6.32. The van der Waals surface area contributed by atoms with Crippen LogP contribution in [0, 0.1) is 6.92 Å². The maximum atomic E-state index is 11.0. The van der Waals surface area contributed by atoms with E-state index in [4.69, 9.17) is 16.3 Å². The van der Waals surface area contributed by atoms with E-state index in [1.807, 2.05) is 37.3 Å². The van der Waals surface area contributed by atoms with Crippen molar-refractivity contribution < 1.29 is 14.9 Å². The number of phenols is 1. The van der Waals surface area contributed by atoms with Gasteiger partial charge in [-0.1, -0.05) is 29.8 Å². The number of hydrogen-bond donors (Lipinski definition) is 2. The molecular weight excluding hydrogens is 350 g/mol. The lowest BCUT2D eigenvalue weighted by Gasteiger charge is -2.27. The Morgan fingerprint density at radius 3 is 2.65 bits per heavy atom. The summed E-state index contributed by atoms with van der Waals surface area (Å²) in [6.07, 6.45) is 2.29. The molecule has 3 rings (SSSR count). The van der Waals surface area contributed by atoms with Gasteiger partial charge in [0.05, 0.1) is 10.6 Å². The van der Waals surface area contributed by atoms with E-state index in [2.05, 4.69) is 4.90 Å². The van der Waals surface area contributed by atoms with Gasteiger partial charge in [0, 0.05) is 13.1 Å². The Balaban J connectivity index is 1.56. The van der Waals surface area contributed by atoms with Crippen molar-refractivity contribution in [2.24, 2.45) is 0 Å². The standard InChI is InChI=1S/C21H26ClNO3/c1-16-3-8-19(22)20(13-16)26-15-21(25)9-2-11-23(12-10-21)14-17-4-6-18(24)7-5-17/h3-8,13,24-25H,2,9-12,14-15H2,1H3/t21-/m0/s1. The molecule has 1 aliphatic heterocycles. The average molecular weight is 376 g/mol. The summed E-state index contributed by atoms with van der Waals surface area (Å²) < 4.78 is 5.85. The highest BCUT2D eigenvalue weighted by atomic mass is 35.5. The van der Waals surface area contributed by atoms with Crippen LogP contribution >= 0.6 is 11.6 Å². The number of nitrogens with zero attached hydrogens (tertiary/aromatic N) is 1. The maximum Gasteiger partial charge on any atom is 0.138 e. The molecule has 140 valence electrons. The van der Waals surface area contributed by atoms with E-state index in [0.29, 0.717) is 23.6 Å². The van der Waals surface area contributed by atoms with Crippen LogP contribution in [0.1, 0.15) is 30.4 Å². The van der Waals surface area contributed by atoms with Crippen molar-refractivity contribution in [3.05, 3.63) is 58.6 Å². The molecule has 0 radical (unpaired) electrons. The van der Waals surface area contributed by atoms with Crippen molar-refractivity contribution in [2.45, 2.75) is 38.3 Å². The number of halogens is 1. The Morgan fingerprint density at radius 1 is 1.12 bits per heavy atom. The first-order valence-corrected chi connectivity index (χ1v) is 9.43. The topological polar surface area (TPSA) is 52.9 Å². The fraction of sp³-hybridized carbons (Fsp3) is 0.429. The average Bonchev–Trinajstić information content (AvgIpc) is 2.80. The summed E-state index contributed by atoms with van der Waals surface area (Å²) >= 11 is 6.18. The molecular formula is C21H26ClNO3. The number of aliphatic hydroxyl groups is 1. The molecule has 26 heavy (non-hydrogen) atoms. The van der Waals surface area contributed by atoms with Gasteiger partial charge in [-0.15, -0.1) is 0 Å². The van der Waals surface area contributed by atoms with E-state index in [0.717, 1.165) is 37.2 Å². The SMILES string of the molecule is Cc1ccc(Cl)c(OC[C@]2(O)CCCN(Cc3ccc(O)cc3)CC2)c1. The van der Waals surface area contributed by atoms with Gasteiger partial charge in [-0.3, -0.25) is 4.90 Å². The van der Waals surface area contributed by atoms with Gasteiger partial charge in [0.2, 0.25) is 0 Å². The number of phenolic OH excluding ortho intramolecular Hbond substituents is 1. The van der Waals surface area contributed by atoms with E-state index in [1.54, 1.807) is 12.1 Å². The van der Waals surface area contributed by atoms with Crippen LogP contribution < -0.4 is 4.74 Å². The van der Waals surface area contributed by atoms with Crippen LogP contribution in [0.15, 0.2) is 42.5 Å². The zero-order valence-corrected chi connectivity index (χ0v) is 15.9. The highest BCUT2D eigenvalue weighted by Crippen LogP contribution is 2.29. The van der Waals surface area contributed by atoms with Gasteiger partial charge in [-0.2, -0.15) is 0 Å². The minimum absolute atomic E-state index is 0.253. The molecule has 2 N–H and O–H groups in total. The molecule has 0 aromatic heterocycles. The van der Waals surface area contributed by atoms with Crippen molar-refractivity contribution in [3.8, 4) is 11.5 Å². The van der Waals surface area contributed by atoms with Crippen LogP contribution in [0.3, 0.4) is 0 Å². The van der Waals surface area contributed by atoms with Crippen molar-refractivity contribution in [2.75, 3.05) is 19.7 Å². The van der Waals surface area contributed by atoms with Crippen molar-refractivity contribution in [3.63, 3.8) is 0 Å². The second-order valence-corrected chi connectivity index (χ2v) is 7.65. The first kappa shape index (κ1) is 19.0. The molecule has 2 aromatic carbocycles. The minimum atomic E-state index is -0.837. The van der Waals surface area contributed by atoms with Gasteiger partial charge in [0.15, 0.2) is 0 Å². The van der Waals surface area contributed by atoms with E-state index in [9.17, 15) is 10.2 Å². The highest BCUT2D eigenvalue weighted by Gasteiger charge is 2.31. The lowest BCUT2D eigenvalue weighted by molar-refractivity contribution is -0.0168. The van der Waals surface area contributed by atoms with Gasteiger partial charge in [0.1, 0.15) is 18.1 Å². The number of ether oxygens (including phenoxy) is 1. The molecule has 1 aliphatic rings. The van der Waals surface area contributed by atoms with Gasteiger partial charge in [-0.05, 0) is 68.1 Å². The number of rotatable bonds is 5. The fourth-order valence-corrected chi connectivity index (χ4v) is 3.50. The maximum absolute atomic E-state index is 11.0. The third-order valence-electron chi connectivity index (χ3n) is 4.94. The molecule has 0 bridgehead atoms. The molecule has 4 nitrogen and oxygen atoms in total. The molecule has 1 heterocycles. The number of hydrogen-bond acceptors (Lipinski definition) is 4. The van der Waals surface area contributed by atoms with Crippen molar-refractivity contribution in [1.82, 2.24) is 4.90 Å². The van der Waals surface area contributed by atoms with E-state index in [1.165, 1.54) is 0 Å². The smallest absolute Gasteiger partial charge is 0.138 e. The zero-order chi connectivity index (χ0) is 18.6. The molecule has 0 amide bonds. The second kappa shape index (κ2) is 8.30. The monoisotopic (exact) mass is 375 g/mol. The van der Waals surface area contributed by atoms with Gasteiger partial charge in [0.25, 0.3) is 0 Å². The summed E-state index contributed by atoms with van der Waals surface area (Å²) in [5, 5.41) is 20.9. The summed E-state index contributed by atoms with van der Waals surface area (Å²) in [5.74, 6) is 0.913. The summed E-state index contributed by atoms with van der Waals surface area (Å²) in [6.45, 7) is 4.81. The Hall–Kier alpha value is -1.75. The summed E-state index contributed by atoms with van der Waals surface area (Å²) in [4.78, 5) is 2.34. The minimum Gasteiger partial charge on any atom is -0.508 e. The zero-order valence-electron chi connectivity index (χ0n) is 15.1. The molecule has 1 saturated heterocycles. The summed E-state index contributed by atoms with van der Waals surface area (Å²) in [6, 6.07) is 13.0. The van der Waals surface area contributed by atoms with Crippen LogP contribution in [0.5, 0.6) is 11.5 Å². The van der Waals surface area contributed by atoms with E-state index < -0.39 is 5.60 Å². The van der Waals surface area contributed by atoms with Crippen LogP contribution in [0.2, 0.25) is 5.02 Å². The molecule has 0 saturated carbocycles. The molecule has 0 spiro atoms. The Bertz CT molecular complexity index is 735. The third kappa shape index (κ3) is 5.13. The first-order valence-electron chi connectivity index (χ1n) is 9.05. The Morgan fingerprint density at radius 2 is 1.88 bits per heavy atom. The van der Waals surface area contributed by atoms with Crippen molar-refractivity contribution >= 4 is 11.6 Å². The summed E-state index contributed by atoms with van der Waals surface area (Å²) in [5.41, 5.74) is 1.41. The largest absolute Gasteiger partial charge is 0.508 e. The number of aryl methyl sites for hydroxylation is 1. The third-order valence-corrected chi connectivity index (χ3v) is 5.25. The fourth-order valence-electron chi connectivity index (χ4n) is 3.33. The van der Waals surface area contributed by atoms with Crippen LogP contribution in [0.25, 0.3) is 0 Å². The molecule has 1 atom stereocenters. The molecule has 5 heteroatoms. The van der Waals surface area contributed by atoms with Gasteiger partial charge in [-0.25, -0.2) is 0 Å². The Labute approximate surface area is 160 Å². The van der Waals surface area contributed by atoms with Crippen LogP contribution in [-0.4, -0.2) is 40.4 Å². The van der Waals surface area contributed by atoms with Gasteiger partial charge < -0.3 is 14.9 Å². The lowest BCUT2D eigenvalue weighted by atomic mass is 9.96. The summed E-state index contributed by atoms with van der Waals surface area (Å²) in [7, 11) is 0. The lowest BCUT2D eigenvalue weighted by Crippen LogP contribution is -2.37. The number of benzene rings is 2. The van der Waals surface area contributed by atoms with E-state index in [-0.39, 0.29) is 12.4 Å². The second-order valence-electron chi connectivity index (χ2n) is 7.24. The van der Waals surface area contributed by atoms with Crippen LogP contribution in [0.4, 0.5) is 0 Å². The van der Waals surface area contributed by atoms with Crippen LogP contribution in [-0.2, 0) is 6.54 Å². The molecule has 1 fully saturated rings. The van der Waals surface area contributed by atoms with Gasteiger partial charge >= 0.3 is 0 Å². The Kier molecular flexibility index (Phi) is 6.07. The number of likely N-dealkylation sites (tertiary alicyclic amines) is 1. The molecule has 0 aliphatic carbocycles. The van der Waals surface area contributed by atoms with Crippen molar-refractivity contribution in [1.29, 1.82) is 0 Å².